The number of aryl methyl sites for hydroxylation is 1. The Kier molecular flexibility index (Phi) is 3.03. The Morgan fingerprint density at radius 1 is 1.38 bits per heavy atom. The average Bonchev–Trinajstić information content (AvgIpc) is 2.62. The Hall–Kier alpha value is -1.25. The van der Waals surface area contributed by atoms with Crippen molar-refractivity contribution in [1.29, 1.82) is 0 Å². The van der Waals surface area contributed by atoms with E-state index in [1.807, 2.05) is 11.8 Å². The number of hydrogen-bond donors (Lipinski definition) is 0. The van der Waals surface area contributed by atoms with Crippen LogP contribution in [0, 0.1) is 18.8 Å². The van der Waals surface area contributed by atoms with Crippen molar-refractivity contribution in [3.05, 3.63) is 23.7 Å². The van der Waals surface area contributed by atoms with E-state index in [1.54, 1.807) is 12.3 Å². The second-order valence-corrected chi connectivity index (χ2v) is 5.05. The van der Waals surface area contributed by atoms with Gasteiger partial charge in [-0.15, -0.1) is 0 Å². The van der Waals surface area contributed by atoms with Crippen LogP contribution in [0.4, 0.5) is 0 Å². The summed E-state index contributed by atoms with van der Waals surface area (Å²) in [5.74, 6) is 2.03. The van der Waals surface area contributed by atoms with Crippen LogP contribution in [-0.2, 0) is 0 Å². The number of hydrogen-bond acceptors (Lipinski definition) is 2. The lowest BCUT2D eigenvalue weighted by atomic mass is 9.91. The van der Waals surface area contributed by atoms with E-state index in [1.165, 1.54) is 6.42 Å². The van der Waals surface area contributed by atoms with Crippen LogP contribution in [0.25, 0.3) is 0 Å². The van der Waals surface area contributed by atoms with Gasteiger partial charge >= 0.3 is 0 Å². The minimum Gasteiger partial charge on any atom is -0.469 e. The van der Waals surface area contributed by atoms with Crippen LogP contribution in [0.1, 0.15) is 36.4 Å². The maximum Gasteiger partial charge on any atom is 0.257 e. The molecule has 0 N–H and O–H groups in total. The molecule has 1 aliphatic rings. The van der Waals surface area contributed by atoms with Crippen molar-refractivity contribution in [1.82, 2.24) is 4.90 Å². The van der Waals surface area contributed by atoms with Crippen LogP contribution in [0.5, 0.6) is 0 Å². The van der Waals surface area contributed by atoms with Gasteiger partial charge in [0, 0.05) is 13.1 Å². The summed E-state index contributed by atoms with van der Waals surface area (Å²) < 4.78 is 5.18. The second-order valence-electron chi connectivity index (χ2n) is 5.05. The van der Waals surface area contributed by atoms with E-state index in [0.717, 1.165) is 18.8 Å². The number of furan rings is 1. The molecule has 1 aliphatic heterocycles. The number of rotatable bonds is 1. The third-order valence-electron chi connectivity index (χ3n) is 3.25. The van der Waals surface area contributed by atoms with E-state index in [9.17, 15) is 4.79 Å². The van der Waals surface area contributed by atoms with E-state index >= 15 is 0 Å². The summed E-state index contributed by atoms with van der Waals surface area (Å²) in [6.45, 7) is 7.99. The molecular formula is C13H19NO2. The van der Waals surface area contributed by atoms with Gasteiger partial charge in [-0.3, -0.25) is 4.79 Å². The predicted molar refractivity (Wildman–Crippen MR) is 62.3 cm³/mol. The van der Waals surface area contributed by atoms with Crippen LogP contribution in [0.3, 0.4) is 0 Å². The molecule has 0 aliphatic carbocycles. The van der Waals surface area contributed by atoms with Crippen molar-refractivity contribution < 1.29 is 9.21 Å². The molecule has 3 nitrogen and oxygen atoms in total. The van der Waals surface area contributed by atoms with Crippen molar-refractivity contribution >= 4 is 5.91 Å². The number of piperidine rings is 1. The van der Waals surface area contributed by atoms with Crippen molar-refractivity contribution in [2.75, 3.05) is 13.1 Å². The summed E-state index contributed by atoms with van der Waals surface area (Å²) >= 11 is 0. The quantitative estimate of drug-likeness (QED) is 0.730. The molecule has 3 heteroatoms. The van der Waals surface area contributed by atoms with E-state index in [0.29, 0.717) is 17.4 Å². The molecule has 1 fully saturated rings. The first kappa shape index (κ1) is 11.2. The number of carbonyl (C=O) groups is 1. The number of nitrogens with zero attached hydrogens (tertiary/aromatic N) is 1. The molecule has 1 aromatic rings. The van der Waals surface area contributed by atoms with E-state index in [-0.39, 0.29) is 5.91 Å². The summed E-state index contributed by atoms with van der Waals surface area (Å²) in [4.78, 5) is 14.2. The Balaban J connectivity index is 2.13. The van der Waals surface area contributed by atoms with E-state index < -0.39 is 0 Å². The molecule has 2 rings (SSSR count). The maximum atomic E-state index is 12.2. The Labute approximate surface area is 96.4 Å². The molecule has 1 amide bonds. The van der Waals surface area contributed by atoms with Gasteiger partial charge in [-0.05, 0) is 31.2 Å². The average molecular weight is 221 g/mol. The fourth-order valence-corrected chi connectivity index (χ4v) is 2.61. The molecule has 0 saturated carbocycles. The molecule has 0 radical (unpaired) electrons. The smallest absolute Gasteiger partial charge is 0.257 e. The Bertz CT molecular complexity index is 373. The highest BCUT2D eigenvalue weighted by atomic mass is 16.3. The van der Waals surface area contributed by atoms with Gasteiger partial charge in [0.1, 0.15) is 5.76 Å². The van der Waals surface area contributed by atoms with Gasteiger partial charge in [0.2, 0.25) is 0 Å². The van der Waals surface area contributed by atoms with Crippen molar-refractivity contribution in [2.24, 2.45) is 11.8 Å². The van der Waals surface area contributed by atoms with E-state index in [4.69, 9.17) is 4.42 Å². The number of carbonyl (C=O) groups excluding carboxylic acids is 1. The largest absolute Gasteiger partial charge is 0.469 e. The minimum atomic E-state index is 0.115. The first-order valence-corrected chi connectivity index (χ1v) is 5.91. The first-order chi connectivity index (χ1) is 7.58. The second kappa shape index (κ2) is 4.32. The highest BCUT2D eigenvalue weighted by Gasteiger charge is 2.27. The summed E-state index contributed by atoms with van der Waals surface area (Å²) in [7, 11) is 0. The lowest BCUT2D eigenvalue weighted by molar-refractivity contribution is 0.0621. The molecule has 1 aromatic heterocycles. The highest BCUT2D eigenvalue weighted by Crippen LogP contribution is 2.23. The molecule has 0 spiro atoms. The van der Waals surface area contributed by atoms with Crippen LogP contribution in [0.2, 0.25) is 0 Å². The van der Waals surface area contributed by atoms with Gasteiger partial charge in [-0.2, -0.15) is 0 Å². The molecule has 0 bridgehead atoms. The zero-order valence-corrected chi connectivity index (χ0v) is 10.2. The minimum absolute atomic E-state index is 0.115. The van der Waals surface area contributed by atoms with Gasteiger partial charge in [0.05, 0.1) is 11.8 Å². The monoisotopic (exact) mass is 221 g/mol. The molecule has 2 atom stereocenters. The summed E-state index contributed by atoms with van der Waals surface area (Å²) in [6.07, 6.45) is 2.80. The van der Waals surface area contributed by atoms with Gasteiger partial charge < -0.3 is 9.32 Å². The third-order valence-corrected chi connectivity index (χ3v) is 3.25. The zero-order chi connectivity index (χ0) is 11.7. The fourth-order valence-electron chi connectivity index (χ4n) is 2.61. The van der Waals surface area contributed by atoms with Gasteiger partial charge in [0.15, 0.2) is 0 Å². The molecular weight excluding hydrogens is 202 g/mol. The molecule has 1 saturated heterocycles. The lowest BCUT2D eigenvalue weighted by Gasteiger charge is -2.34. The third kappa shape index (κ3) is 2.13. The topological polar surface area (TPSA) is 33.5 Å². The number of likely N-dealkylation sites (tertiary alicyclic amines) is 1. The van der Waals surface area contributed by atoms with Crippen molar-refractivity contribution in [3.8, 4) is 0 Å². The standard InChI is InChI=1S/C13H19NO2/c1-9-6-10(2)8-14(7-9)13(15)12-4-5-16-11(12)3/h4-5,9-10H,6-8H2,1-3H3. The van der Waals surface area contributed by atoms with E-state index in [2.05, 4.69) is 13.8 Å². The van der Waals surface area contributed by atoms with Crippen molar-refractivity contribution in [3.63, 3.8) is 0 Å². The number of amides is 1. The summed E-state index contributed by atoms with van der Waals surface area (Å²) in [6, 6.07) is 1.77. The molecule has 2 heterocycles. The van der Waals surface area contributed by atoms with Crippen LogP contribution in [-0.4, -0.2) is 23.9 Å². The van der Waals surface area contributed by atoms with Gasteiger partial charge in [-0.1, -0.05) is 13.8 Å². The Morgan fingerprint density at radius 3 is 2.50 bits per heavy atom. The first-order valence-electron chi connectivity index (χ1n) is 5.91. The SMILES string of the molecule is Cc1occc1C(=O)N1CC(C)CC(C)C1. The summed E-state index contributed by atoms with van der Waals surface area (Å²) in [5, 5.41) is 0. The fraction of sp³-hybridized carbons (Fsp3) is 0.615. The molecule has 2 unspecified atom stereocenters. The van der Waals surface area contributed by atoms with Crippen LogP contribution in [0.15, 0.2) is 16.7 Å². The highest BCUT2D eigenvalue weighted by molar-refractivity contribution is 5.95. The predicted octanol–water partition coefficient (Wildman–Crippen LogP) is 2.71. The maximum absolute atomic E-state index is 12.2. The Morgan fingerprint density at radius 2 is 2.00 bits per heavy atom. The molecule has 16 heavy (non-hydrogen) atoms. The van der Waals surface area contributed by atoms with Crippen LogP contribution >= 0.6 is 0 Å². The normalized spacial score (nSPS) is 25.8. The summed E-state index contributed by atoms with van der Waals surface area (Å²) in [5.41, 5.74) is 0.710. The van der Waals surface area contributed by atoms with Crippen LogP contribution < -0.4 is 0 Å². The van der Waals surface area contributed by atoms with Gasteiger partial charge in [0.25, 0.3) is 5.91 Å². The molecule has 88 valence electrons. The van der Waals surface area contributed by atoms with Gasteiger partial charge in [-0.25, -0.2) is 0 Å². The zero-order valence-electron chi connectivity index (χ0n) is 10.2. The lowest BCUT2D eigenvalue weighted by Crippen LogP contribution is -2.42. The molecule has 0 aromatic carbocycles. The van der Waals surface area contributed by atoms with Crippen molar-refractivity contribution in [2.45, 2.75) is 27.2 Å².